The highest BCUT2D eigenvalue weighted by atomic mass is 19.4. The van der Waals surface area contributed by atoms with E-state index in [0.717, 1.165) is 35.8 Å². The molecule has 2 amide bonds. The number of halogens is 3. The summed E-state index contributed by atoms with van der Waals surface area (Å²) >= 11 is 0. The van der Waals surface area contributed by atoms with Crippen LogP contribution in [0, 0.1) is 0 Å². The molecule has 4 rings (SSSR count). The largest absolute Gasteiger partial charge is 0.457 e. The highest BCUT2D eigenvalue weighted by molar-refractivity contribution is 5.82. The van der Waals surface area contributed by atoms with Crippen LogP contribution in [0.25, 0.3) is 11.3 Å². The molecule has 2 heterocycles. The standard InChI is InChI=1S/C26H26F3N5O2/c1-30-16-19-15-22(9-10-23(19)26(27,28)29)36-21-7-5-18(6-8-21)24-4-2-3-20(33-24)17-31-11-13-34-14-12-32-25(34)35/h2-10,15-16,31H,11-14,17H2,1H3,(H,32,35)/b30-16-. The molecule has 188 valence electrons. The molecular weight excluding hydrogens is 471 g/mol. The minimum Gasteiger partial charge on any atom is -0.457 e. The Morgan fingerprint density at radius 2 is 1.92 bits per heavy atom. The lowest BCUT2D eigenvalue weighted by molar-refractivity contribution is -0.137. The van der Waals surface area contributed by atoms with Crippen LogP contribution in [-0.2, 0) is 12.7 Å². The highest BCUT2D eigenvalue weighted by Gasteiger charge is 2.33. The molecule has 36 heavy (non-hydrogen) atoms. The molecule has 7 nitrogen and oxygen atoms in total. The van der Waals surface area contributed by atoms with Crippen molar-refractivity contribution in [2.75, 3.05) is 33.2 Å². The van der Waals surface area contributed by atoms with Crippen molar-refractivity contribution in [1.82, 2.24) is 20.5 Å². The molecule has 2 N–H and O–H groups in total. The number of aliphatic imine (C=N–C) groups is 1. The molecule has 0 saturated carbocycles. The van der Waals surface area contributed by atoms with Crippen molar-refractivity contribution in [3.63, 3.8) is 0 Å². The van der Waals surface area contributed by atoms with Crippen LogP contribution in [0.15, 0.2) is 65.7 Å². The zero-order valence-electron chi connectivity index (χ0n) is 19.7. The van der Waals surface area contributed by atoms with Crippen LogP contribution < -0.4 is 15.4 Å². The summed E-state index contributed by atoms with van der Waals surface area (Å²) < 4.78 is 45.4. The molecule has 1 aliphatic rings. The van der Waals surface area contributed by atoms with E-state index >= 15 is 0 Å². The summed E-state index contributed by atoms with van der Waals surface area (Å²) in [5, 5.41) is 6.09. The monoisotopic (exact) mass is 497 g/mol. The Labute approximate surface area is 207 Å². The number of nitrogens with one attached hydrogen (secondary N) is 2. The van der Waals surface area contributed by atoms with Gasteiger partial charge in [-0.15, -0.1) is 0 Å². The van der Waals surface area contributed by atoms with Crippen LogP contribution in [0.1, 0.15) is 16.8 Å². The molecule has 0 atom stereocenters. The second-order valence-electron chi connectivity index (χ2n) is 8.17. The van der Waals surface area contributed by atoms with Gasteiger partial charge in [-0.1, -0.05) is 6.07 Å². The number of pyridine rings is 1. The van der Waals surface area contributed by atoms with Gasteiger partial charge in [-0.05, 0) is 54.6 Å². The SMILES string of the molecule is C/N=C\c1cc(Oc2ccc(-c3cccc(CNCCN4CCNC4=O)n3)cc2)ccc1C(F)(F)F. The molecule has 0 bridgehead atoms. The Balaban J connectivity index is 1.37. The van der Waals surface area contributed by atoms with Crippen molar-refractivity contribution in [3.05, 3.63) is 77.5 Å². The molecule has 0 unspecified atom stereocenters. The number of amides is 2. The number of aromatic nitrogens is 1. The van der Waals surface area contributed by atoms with E-state index in [1.54, 1.807) is 17.0 Å². The van der Waals surface area contributed by atoms with Crippen molar-refractivity contribution in [2.45, 2.75) is 12.7 Å². The summed E-state index contributed by atoms with van der Waals surface area (Å²) in [6.45, 7) is 3.29. The van der Waals surface area contributed by atoms with Crippen molar-refractivity contribution >= 4 is 12.2 Å². The number of urea groups is 1. The topological polar surface area (TPSA) is 78.9 Å². The lowest BCUT2D eigenvalue weighted by Gasteiger charge is -2.14. The van der Waals surface area contributed by atoms with Gasteiger partial charge in [-0.25, -0.2) is 4.79 Å². The minimum absolute atomic E-state index is 0.0297. The number of hydrogen-bond donors (Lipinski definition) is 2. The summed E-state index contributed by atoms with van der Waals surface area (Å²) in [5.41, 5.74) is 1.71. The molecule has 2 aromatic carbocycles. The molecule has 1 aromatic heterocycles. The van der Waals surface area contributed by atoms with E-state index in [9.17, 15) is 18.0 Å². The number of rotatable bonds is 9. The molecule has 1 aliphatic heterocycles. The Hall–Kier alpha value is -3.92. The van der Waals surface area contributed by atoms with Gasteiger partial charge in [-0.3, -0.25) is 9.98 Å². The molecule has 1 saturated heterocycles. The minimum atomic E-state index is -4.47. The van der Waals surface area contributed by atoms with Crippen molar-refractivity contribution in [2.24, 2.45) is 4.99 Å². The van der Waals surface area contributed by atoms with E-state index in [-0.39, 0.29) is 17.3 Å². The third-order valence-electron chi connectivity index (χ3n) is 5.60. The van der Waals surface area contributed by atoms with E-state index in [1.807, 2.05) is 30.3 Å². The fourth-order valence-corrected chi connectivity index (χ4v) is 3.83. The lowest BCUT2D eigenvalue weighted by atomic mass is 10.1. The van der Waals surface area contributed by atoms with Gasteiger partial charge in [-0.2, -0.15) is 13.2 Å². The predicted octanol–water partition coefficient (Wildman–Crippen LogP) is 4.72. The van der Waals surface area contributed by atoms with Crippen LogP contribution in [-0.4, -0.2) is 55.4 Å². The van der Waals surface area contributed by atoms with Gasteiger partial charge in [0.1, 0.15) is 11.5 Å². The van der Waals surface area contributed by atoms with Crippen molar-refractivity contribution < 1.29 is 22.7 Å². The third kappa shape index (κ3) is 6.39. The second-order valence-corrected chi connectivity index (χ2v) is 8.17. The van der Waals surface area contributed by atoms with Gasteiger partial charge >= 0.3 is 12.2 Å². The van der Waals surface area contributed by atoms with Crippen LogP contribution in [0.3, 0.4) is 0 Å². The van der Waals surface area contributed by atoms with E-state index in [0.29, 0.717) is 31.9 Å². The van der Waals surface area contributed by atoms with E-state index < -0.39 is 11.7 Å². The first-order valence-corrected chi connectivity index (χ1v) is 11.4. The normalized spacial score (nSPS) is 13.9. The van der Waals surface area contributed by atoms with Gasteiger partial charge in [0.25, 0.3) is 0 Å². The number of carbonyl (C=O) groups excluding carboxylic acids is 1. The lowest BCUT2D eigenvalue weighted by Crippen LogP contribution is -2.34. The predicted molar refractivity (Wildman–Crippen MR) is 131 cm³/mol. The first-order valence-electron chi connectivity index (χ1n) is 11.4. The number of carbonyl (C=O) groups is 1. The summed E-state index contributed by atoms with van der Waals surface area (Å²) in [4.78, 5) is 21.7. The summed E-state index contributed by atoms with van der Waals surface area (Å²) in [6.07, 6.45) is -3.31. The molecule has 1 fully saturated rings. The van der Waals surface area contributed by atoms with Gasteiger partial charge < -0.3 is 20.3 Å². The maximum absolute atomic E-state index is 13.2. The molecular formula is C26H26F3N5O2. The highest BCUT2D eigenvalue weighted by Crippen LogP contribution is 2.34. The summed E-state index contributed by atoms with van der Waals surface area (Å²) in [5.74, 6) is 0.768. The average molecular weight is 498 g/mol. The fourth-order valence-electron chi connectivity index (χ4n) is 3.83. The van der Waals surface area contributed by atoms with Crippen LogP contribution >= 0.6 is 0 Å². The van der Waals surface area contributed by atoms with E-state index in [4.69, 9.17) is 4.74 Å². The van der Waals surface area contributed by atoms with E-state index in [1.165, 1.54) is 19.2 Å². The van der Waals surface area contributed by atoms with Gasteiger partial charge in [0.15, 0.2) is 0 Å². The fraction of sp³-hybridized carbons (Fsp3) is 0.269. The molecule has 0 spiro atoms. The van der Waals surface area contributed by atoms with Crippen LogP contribution in [0.4, 0.5) is 18.0 Å². The smallest absolute Gasteiger partial charge is 0.417 e. The molecule has 3 aromatic rings. The number of hydrogen-bond acceptors (Lipinski definition) is 5. The first kappa shape index (κ1) is 25.2. The summed E-state index contributed by atoms with van der Waals surface area (Å²) in [6, 6.07) is 16.5. The van der Waals surface area contributed by atoms with Crippen LogP contribution in [0.2, 0.25) is 0 Å². The molecule has 0 aliphatic carbocycles. The van der Waals surface area contributed by atoms with Gasteiger partial charge in [0, 0.05) is 57.1 Å². The number of ether oxygens (including phenoxy) is 1. The maximum atomic E-state index is 13.2. The zero-order chi connectivity index (χ0) is 25.5. The number of nitrogens with zero attached hydrogens (tertiary/aromatic N) is 3. The van der Waals surface area contributed by atoms with Crippen molar-refractivity contribution in [1.29, 1.82) is 0 Å². The van der Waals surface area contributed by atoms with Crippen molar-refractivity contribution in [3.8, 4) is 22.8 Å². The van der Waals surface area contributed by atoms with E-state index in [2.05, 4.69) is 20.6 Å². The van der Waals surface area contributed by atoms with Crippen LogP contribution in [0.5, 0.6) is 11.5 Å². The number of alkyl halides is 3. The first-order chi connectivity index (χ1) is 17.3. The Morgan fingerprint density at radius 3 is 2.61 bits per heavy atom. The average Bonchev–Trinajstić information content (AvgIpc) is 3.27. The Morgan fingerprint density at radius 1 is 1.14 bits per heavy atom. The maximum Gasteiger partial charge on any atom is 0.417 e. The summed E-state index contributed by atoms with van der Waals surface area (Å²) in [7, 11) is 1.42. The second kappa shape index (κ2) is 11.2. The zero-order valence-corrected chi connectivity index (χ0v) is 19.7. The number of benzene rings is 2. The van der Waals surface area contributed by atoms with Gasteiger partial charge in [0.2, 0.25) is 0 Å². The molecule has 10 heteroatoms. The quantitative estimate of drug-likeness (QED) is 0.331. The van der Waals surface area contributed by atoms with Gasteiger partial charge in [0.05, 0.1) is 17.0 Å². The molecule has 0 radical (unpaired) electrons. The Kier molecular flexibility index (Phi) is 7.84. The Bertz CT molecular complexity index is 1230. The third-order valence-corrected chi connectivity index (χ3v) is 5.60.